The van der Waals surface area contributed by atoms with E-state index in [2.05, 4.69) is 43.2 Å². The molecule has 30 heavy (non-hydrogen) atoms. The number of benzene rings is 2. The minimum Gasteiger partial charge on any atom is -0.397 e. The summed E-state index contributed by atoms with van der Waals surface area (Å²) in [7, 11) is 0. The Bertz CT molecular complexity index is 1160. The van der Waals surface area contributed by atoms with Gasteiger partial charge in [0.1, 0.15) is 0 Å². The summed E-state index contributed by atoms with van der Waals surface area (Å²) in [5, 5.41) is 11.2. The van der Waals surface area contributed by atoms with Gasteiger partial charge in [-0.1, -0.05) is 17.3 Å². The van der Waals surface area contributed by atoms with Crippen LogP contribution in [-0.4, -0.2) is 25.9 Å². The van der Waals surface area contributed by atoms with Crippen LogP contribution in [0, 0.1) is 3.57 Å². The fraction of sp³-hybridized carbons (Fsp3) is 0.0909. The molecule has 0 saturated carbocycles. The lowest BCUT2D eigenvalue weighted by atomic mass is 10.1. The molecule has 1 amide bonds. The lowest BCUT2D eigenvalue weighted by Gasteiger charge is -2.10. The number of nitrogens with zero attached hydrogens (tertiary/aromatic N) is 4. The van der Waals surface area contributed by atoms with Crippen LogP contribution in [0.4, 0.5) is 11.4 Å². The first-order valence-electron chi connectivity index (χ1n) is 9.35. The highest BCUT2D eigenvalue weighted by molar-refractivity contribution is 14.1. The van der Waals surface area contributed by atoms with Crippen molar-refractivity contribution in [1.82, 2.24) is 20.0 Å². The molecule has 3 N–H and O–H groups in total. The number of nitrogen functional groups attached to an aromatic ring is 1. The highest BCUT2D eigenvalue weighted by atomic mass is 127. The van der Waals surface area contributed by atoms with Gasteiger partial charge >= 0.3 is 0 Å². The van der Waals surface area contributed by atoms with E-state index in [0.29, 0.717) is 17.8 Å². The number of nitrogens with two attached hydrogens (primary N) is 1. The Morgan fingerprint density at radius 2 is 1.93 bits per heavy atom. The zero-order chi connectivity index (χ0) is 20.9. The Hall–Kier alpha value is -3.27. The van der Waals surface area contributed by atoms with Crippen LogP contribution in [0.3, 0.4) is 0 Å². The molecule has 0 aliphatic rings. The van der Waals surface area contributed by atoms with Gasteiger partial charge in [-0.3, -0.25) is 9.78 Å². The molecular formula is C22H19IN6O. The van der Waals surface area contributed by atoms with Gasteiger partial charge in [0.05, 0.1) is 29.0 Å². The number of hydrogen-bond donors (Lipinski definition) is 2. The van der Waals surface area contributed by atoms with E-state index >= 15 is 0 Å². The summed E-state index contributed by atoms with van der Waals surface area (Å²) in [4.78, 5) is 16.6. The van der Waals surface area contributed by atoms with Gasteiger partial charge in [0.15, 0.2) is 0 Å². The molecule has 4 aromatic rings. The molecule has 8 heteroatoms. The van der Waals surface area contributed by atoms with E-state index in [-0.39, 0.29) is 12.3 Å². The van der Waals surface area contributed by atoms with E-state index in [1.807, 2.05) is 54.7 Å². The summed E-state index contributed by atoms with van der Waals surface area (Å²) in [6.07, 6.45) is 6.10. The topological polar surface area (TPSA) is 98.7 Å². The summed E-state index contributed by atoms with van der Waals surface area (Å²) in [6, 6.07) is 17.3. The first-order chi connectivity index (χ1) is 14.6. The molecule has 0 unspecified atom stereocenters. The first kappa shape index (κ1) is 20.0. The minimum atomic E-state index is -0.131. The van der Waals surface area contributed by atoms with Crippen LogP contribution in [-0.2, 0) is 11.2 Å². The monoisotopic (exact) mass is 510 g/mol. The van der Waals surface area contributed by atoms with Gasteiger partial charge in [0.25, 0.3) is 0 Å². The summed E-state index contributed by atoms with van der Waals surface area (Å²) in [6.45, 7) is 0. The molecule has 150 valence electrons. The van der Waals surface area contributed by atoms with Crippen LogP contribution < -0.4 is 11.1 Å². The number of halogens is 1. The second kappa shape index (κ2) is 9.04. The highest BCUT2D eigenvalue weighted by Crippen LogP contribution is 2.27. The first-order valence-corrected chi connectivity index (χ1v) is 10.4. The number of hydrogen-bond acceptors (Lipinski definition) is 5. The summed E-state index contributed by atoms with van der Waals surface area (Å²) in [5.74, 6) is -0.131. The largest absolute Gasteiger partial charge is 0.397 e. The molecule has 0 aliphatic carbocycles. The number of amides is 1. The number of aromatic nitrogens is 4. The molecule has 4 rings (SSSR count). The molecule has 0 spiro atoms. The fourth-order valence-corrected chi connectivity index (χ4v) is 3.32. The predicted molar refractivity (Wildman–Crippen MR) is 125 cm³/mol. The molecule has 0 bridgehead atoms. The minimum absolute atomic E-state index is 0.131. The van der Waals surface area contributed by atoms with Gasteiger partial charge in [-0.05, 0) is 70.6 Å². The van der Waals surface area contributed by atoms with Crippen LogP contribution in [0.5, 0.6) is 0 Å². The maximum atomic E-state index is 12.5. The Morgan fingerprint density at radius 3 is 2.70 bits per heavy atom. The van der Waals surface area contributed by atoms with Gasteiger partial charge in [-0.2, -0.15) is 0 Å². The van der Waals surface area contributed by atoms with Gasteiger partial charge in [-0.25, -0.2) is 4.68 Å². The molecule has 2 heterocycles. The number of carbonyl (C=O) groups excluding carboxylic acids is 1. The van der Waals surface area contributed by atoms with Crippen molar-refractivity contribution in [3.05, 3.63) is 82.5 Å². The van der Waals surface area contributed by atoms with Crippen molar-refractivity contribution in [2.75, 3.05) is 11.1 Å². The maximum Gasteiger partial charge on any atom is 0.224 e. The molecular weight excluding hydrogens is 491 g/mol. The maximum absolute atomic E-state index is 12.5. The zero-order valence-electron chi connectivity index (χ0n) is 16.0. The van der Waals surface area contributed by atoms with E-state index in [1.54, 1.807) is 23.1 Å². The van der Waals surface area contributed by atoms with E-state index in [0.717, 1.165) is 26.1 Å². The molecule has 0 aliphatic heterocycles. The molecule has 0 fully saturated rings. The van der Waals surface area contributed by atoms with Crippen LogP contribution in [0.15, 0.2) is 73.2 Å². The SMILES string of the molecule is Nc1ccc(-c2cccnc2)cc1NC(=O)CCc1cn(-c2ccc(I)cc2)nn1. The Morgan fingerprint density at radius 1 is 1.10 bits per heavy atom. The predicted octanol–water partition coefficient (Wildman–Crippen LogP) is 4.09. The molecule has 2 aromatic carbocycles. The van der Waals surface area contributed by atoms with Crippen LogP contribution in [0.2, 0.25) is 0 Å². The van der Waals surface area contributed by atoms with Gasteiger partial charge < -0.3 is 11.1 Å². The third-order valence-electron chi connectivity index (χ3n) is 4.56. The number of aryl methyl sites for hydroxylation is 1. The lowest BCUT2D eigenvalue weighted by molar-refractivity contribution is -0.116. The molecule has 0 atom stereocenters. The van der Waals surface area contributed by atoms with E-state index < -0.39 is 0 Å². The molecule has 0 radical (unpaired) electrons. The van der Waals surface area contributed by atoms with E-state index in [1.165, 1.54) is 0 Å². The Balaban J connectivity index is 1.39. The Kier molecular flexibility index (Phi) is 6.03. The average Bonchev–Trinajstić information content (AvgIpc) is 3.24. The second-order valence-corrected chi connectivity index (χ2v) is 7.97. The quantitative estimate of drug-likeness (QED) is 0.301. The van der Waals surface area contributed by atoms with Crippen molar-refractivity contribution in [2.45, 2.75) is 12.8 Å². The summed E-state index contributed by atoms with van der Waals surface area (Å²) >= 11 is 2.26. The molecule has 0 saturated heterocycles. The zero-order valence-corrected chi connectivity index (χ0v) is 18.2. The average molecular weight is 510 g/mol. The number of rotatable bonds is 6. The number of nitrogens with one attached hydrogen (secondary N) is 1. The van der Waals surface area contributed by atoms with Crippen molar-refractivity contribution in [3.63, 3.8) is 0 Å². The molecule has 7 nitrogen and oxygen atoms in total. The van der Waals surface area contributed by atoms with Crippen molar-refractivity contribution in [3.8, 4) is 16.8 Å². The van der Waals surface area contributed by atoms with Gasteiger partial charge in [0, 0.05) is 34.4 Å². The van der Waals surface area contributed by atoms with Crippen molar-refractivity contribution in [1.29, 1.82) is 0 Å². The van der Waals surface area contributed by atoms with Crippen LogP contribution >= 0.6 is 22.6 Å². The summed E-state index contributed by atoms with van der Waals surface area (Å²) in [5.41, 5.74) is 10.7. The third kappa shape index (κ3) is 4.82. The smallest absolute Gasteiger partial charge is 0.224 e. The second-order valence-electron chi connectivity index (χ2n) is 6.72. The fourth-order valence-electron chi connectivity index (χ4n) is 2.96. The van der Waals surface area contributed by atoms with Crippen LogP contribution in [0.1, 0.15) is 12.1 Å². The number of pyridine rings is 1. The third-order valence-corrected chi connectivity index (χ3v) is 5.28. The van der Waals surface area contributed by atoms with E-state index in [4.69, 9.17) is 5.73 Å². The van der Waals surface area contributed by atoms with Crippen molar-refractivity contribution >= 4 is 39.9 Å². The summed E-state index contributed by atoms with van der Waals surface area (Å²) < 4.78 is 2.86. The Labute approximate surface area is 187 Å². The van der Waals surface area contributed by atoms with Crippen molar-refractivity contribution in [2.24, 2.45) is 0 Å². The standard InChI is InChI=1S/C22H19IN6O/c23-17-4-7-19(8-5-17)29-14-18(27-28-29)6-10-22(30)26-21-12-15(3-9-20(21)24)16-2-1-11-25-13-16/h1-5,7-9,11-14H,6,10,24H2,(H,26,30). The van der Waals surface area contributed by atoms with Gasteiger partial charge in [-0.15, -0.1) is 5.10 Å². The normalized spacial score (nSPS) is 10.7. The van der Waals surface area contributed by atoms with E-state index in [9.17, 15) is 4.79 Å². The van der Waals surface area contributed by atoms with Crippen molar-refractivity contribution < 1.29 is 4.79 Å². The lowest BCUT2D eigenvalue weighted by Crippen LogP contribution is -2.13. The number of anilines is 2. The van der Waals surface area contributed by atoms with Crippen LogP contribution in [0.25, 0.3) is 16.8 Å². The number of carbonyl (C=O) groups is 1. The molecule has 2 aromatic heterocycles. The highest BCUT2D eigenvalue weighted by Gasteiger charge is 2.10. The van der Waals surface area contributed by atoms with Gasteiger partial charge in [0.2, 0.25) is 5.91 Å².